The Balaban J connectivity index is 1.44. The van der Waals surface area contributed by atoms with Gasteiger partial charge >= 0.3 is 5.97 Å². The summed E-state index contributed by atoms with van der Waals surface area (Å²) in [6.07, 6.45) is 4.46. The van der Waals surface area contributed by atoms with Crippen LogP contribution in [0.2, 0.25) is 10.0 Å². The summed E-state index contributed by atoms with van der Waals surface area (Å²) in [4.78, 5) is 39.8. The van der Waals surface area contributed by atoms with Crippen LogP contribution in [0.25, 0.3) is 11.1 Å². The first kappa shape index (κ1) is 24.6. The molecule has 9 heteroatoms. The van der Waals surface area contributed by atoms with E-state index in [0.29, 0.717) is 21.4 Å². The average Bonchev–Trinajstić information content (AvgIpc) is 3.31. The fourth-order valence-corrected chi connectivity index (χ4v) is 8.23. The SMILES string of the molecule is O=C(O)c1ccc(NC(=O)[C@@H]2NC3(CCCCC3)[C@]34C(=O)Nc5cc(Cl)c(cc53)-c3c(Cl)cccc3[C@@H]24)cc1. The van der Waals surface area contributed by atoms with Crippen molar-refractivity contribution >= 4 is 52.4 Å². The van der Waals surface area contributed by atoms with Crippen LogP contribution in [0.15, 0.2) is 54.6 Å². The smallest absolute Gasteiger partial charge is 0.335 e. The van der Waals surface area contributed by atoms with Crippen LogP contribution in [0.5, 0.6) is 0 Å². The normalized spacial score (nSPS) is 25.4. The number of benzene rings is 3. The van der Waals surface area contributed by atoms with E-state index in [-0.39, 0.29) is 17.4 Å². The Kier molecular flexibility index (Phi) is 5.40. The van der Waals surface area contributed by atoms with E-state index in [1.807, 2.05) is 24.3 Å². The number of rotatable bonds is 3. The van der Waals surface area contributed by atoms with Crippen LogP contribution in [-0.2, 0) is 15.0 Å². The summed E-state index contributed by atoms with van der Waals surface area (Å²) in [6, 6.07) is 14.7. The molecule has 1 saturated carbocycles. The van der Waals surface area contributed by atoms with E-state index in [1.165, 1.54) is 12.1 Å². The van der Waals surface area contributed by atoms with Gasteiger partial charge in [0.1, 0.15) is 5.41 Å². The minimum Gasteiger partial charge on any atom is -0.478 e. The van der Waals surface area contributed by atoms with Crippen LogP contribution >= 0.6 is 23.2 Å². The summed E-state index contributed by atoms with van der Waals surface area (Å²) in [5, 5.41) is 20.1. The summed E-state index contributed by atoms with van der Waals surface area (Å²) in [5.41, 5.74) is 2.79. The molecule has 0 unspecified atom stereocenters. The first-order valence-corrected chi connectivity index (χ1v) is 13.9. The number of amides is 2. The van der Waals surface area contributed by atoms with Gasteiger partial charge in [-0.15, -0.1) is 0 Å². The van der Waals surface area contributed by atoms with E-state index in [0.717, 1.165) is 54.4 Å². The maximum absolute atomic E-state index is 14.3. The predicted molar refractivity (Wildman–Crippen MR) is 150 cm³/mol. The monoisotopic (exact) mass is 561 g/mol. The molecule has 2 fully saturated rings. The number of carboxylic acid groups (broad SMARTS) is 1. The van der Waals surface area contributed by atoms with Gasteiger partial charge in [0.25, 0.3) is 0 Å². The molecule has 1 saturated heterocycles. The van der Waals surface area contributed by atoms with Gasteiger partial charge in [0.05, 0.1) is 16.6 Å². The highest BCUT2D eigenvalue weighted by atomic mass is 35.5. The third-order valence-corrected chi connectivity index (χ3v) is 9.79. The Hall–Kier alpha value is -3.39. The van der Waals surface area contributed by atoms with Gasteiger partial charge in [0.15, 0.2) is 0 Å². The predicted octanol–water partition coefficient (Wildman–Crippen LogP) is 5.96. The lowest BCUT2D eigenvalue weighted by Gasteiger charge is -2.46. The standard InChI is InChI=1S/C30H25Cl2N3O4/c31-20-6-4-5-17-23(20)18-13-19-22(14-21(18)32)34-28(39)30(19)24(17)25(35-29(30)11-2-1-3-12-29)26(36)33-16-9-7-15(8-10-16)27(37)38/h4-10,13-14,24-25,35H,1-3,11-12H2,(H,33,36)(H,34,39)(H,37,38)/t24-,25+,30+/m0/s1. The van der Waals surface area contributed by atoms with Crippen molar-refractivity contribution in [1.82, 2.24) is 5.32 Å². The summed E-state index contributed by atoms with van der Waals surface area (Å²) >= 11 is 13.6. The lowest BCUT2D eigenvalue weighted by atomic mass is 9.56. The van der Waals surface area contributed by atoms with Crippen molar-refractivity contribution < 1.29 is 19.5 Å². The van der Waals surface area contributed by atoms with Crippen LogP contribution in [0.1, 0.15) is 59.5 Å². The molecular weight excluding hydrogens is 537 g/mol. The zero-order valence-electron chi connectivity index (χ0n) is 20.8. The third kappa shape index (κ3) is 3.24. The number of hydrogen-bond acceptors (Lipinski definition) is 4. The molecule has 2 aliphatic carbocycles. The van der Waals surface area contributed by atoms with E-state index >= 15 is 0 Å². The Morgan fingerprint density at radius 1 is 0.974 bits per heavy atom. The van der Waals surface area contributed by atoms with E-state index < -0.39 is 28.9 Å². The number of carbonyl (C=O) groups is 3. The maximum atomic E-state index is 14.3. The molecule has 4 N–H and O–H groups in total. The van der Waals surface area contributed by atoms with Crippen molar-refractivity contribution in [2.45, 2.75) is 55.0 Å². The van der Waals surface area contributed by atoms with Gasteiger partial charge in [-0.1, -0.05) is 54.6 Å². The lowest BCUT2D eigenvalue weighted by Crippen LogP contribution is -2.60. The molecule has 0 radical (unpaired) electrons. The van der Waals surface area contributed by atoms with Gasteiger partial charge in [0, 0.05) is 39.0 Å². The second-order valence-electron chi connectivity index (χ2n) is 11.0. The second kappa shape index (κ2) is 8.55. The Bertz CT molecular complexity index is 1580. The van der Waals surface area contributed by atoms with Gasteiger partial charge < -0.3 is 15.7 Å². The van der Waals surface area contributed by atoms with Crippen LogP contribution in [0.3, 0.4) is 0 Å². The van der Waals surface area contributed by atoms with E-state index in [9.17, 15) is 19.5 Å². The maximum Gasteiger partial charge on any atom is 0.335 e. The van der Waals surface area contributed by atoms with Gasteiger partial charge in [-0.3, -0.25) is 14.9 Å². The Morgan fingerprint density at radius 3 is 2.44 bits per heavy atom. The molecule has 198 valence electrons. The summed E-state index contributed by atoms with van der Waals surface area (Å²) in [6.45, 7) is 0. The van der Waals surface area contributed by atoms with Crippen LogP contribution in [-0.4, -0.2) is 34.5 Å². The molecule has 7 nitrogen and oxygen atoms in total. The van der Waals surface area contributed by atoms with Crippen LogP contribution < -0.4 is 16.0 Å². The number of hydrogen-bond donors (Lipinski definition) is 4. The van der Waals surface area contributed by atoms with Gasteiger partial charge in [-0.25, -0.2) is 4.79 Å². The molecule has 7 rings (SSSR count). The number of nitrogens with one attached hydrogen (secondary N) is 3. The number of carboxylic acids is 1. The molecule has 3 atom stereocenters. The largest absolute Gasteiger partial charge is 0.478 e. The molecule has 2 heterocycles. The zero-order chi connectivity index (χ0) is 27.1. The highest BCUT2D eigenvalue weighted by Gasteiger charge is 2.72. The molecule has 3 aromatic carbocycles. The molecule has 2 aliphatic heterocycles. The highest BCUT2D eigenvalue weighted by molar-refractivity contribution is 6.37. The van der Waals surface area contributed by atoms with E-state index in [2.05, 4.69) is 16.0 Å². The quantitative estimate of drug-likeness (QED) is 0.315. The summed E-state index contributed by atoms with van der Waals surface area (Å²) < 4.78 is 0. The summed E-state index contributed by atoms with van der Waals surface area (Å²) in [7, 11) is 0. The molecular formula is C30H25Cl2N3O4. The summed E-state index contributed by atoms with van der Waals surface area (Å²) in [5.74, 6) is -2.01. The van der Waals surface area contributed by atoms with E-state index in [1.54, 1.807) is 18.2 Å². The second-order valence-corrected chi connectivity index (χ2v) is 11.8. The van der Waals surface area contributed by atoms with Crippen molar-refractivity contribution in [1.29, 1.82) is 0 Å². The first-order chi connectivity index (χ1) is 18.8. The minimum absolute atomic E-state index is 0.126. The van der Waals surface area contributed by atoms with Crippen molar-refractivity contribution in [2.75, 3.05) is 10.6 Å². The molecule has 2 spiro atoms. The molecule has 0 aromatic heterocycles. The van der Waals surface area contributed by atoms with Gasteiger partial charge in [-0.2, -0.15) is 0 Å². The average molecular weight is 562 g/mol. The molecule has 2 amide bonds. The lowest BCUT2D eigenvalue weighted by molar-refractivity contribution is -0.124. The van der Waals surface area contributed by atoms with Crippen LogP contribution in [0, 0.1) is 0 Å². The Morgan fingerprint density at radius 2 is 1.72 bits per heavy atom. The Labute approximate surface area is 234 Å². The fourth-order valence-electron chi connectivity index (χ4n) is 7.69. The first-order valence-electron chi connectivity index (χ1n) is 13.1. The van der Waals surface area contributed by atoms with Crippen LogP contribution in [0.4, 0.5) is 11.4 Å². The molecule has 39 heavy (non-hydrogen) atoms. The number of anilines is 2. The third-order valence-electron chi connectivity index (χ3n) is 9.16. The van der Waals surface area contributed by atoms with Crippen molar-refractivity contribution in [2.24, 2.45) is 0 Å². The van der Waals surface area contributed by atoms with Crippen molar-refractivity contribution in [3.05, 3.63) is 81.3 Å². The van der Waals surface area contributed by atoms with Gasteiger partial charge in [-0.05, 0) is 66.4 Å². The highest BCUT2D eigenvalue weighted by Crippen LogP contribution is 2.65. The molecule has 4 aliphatic rings. The van der Waals surface area contributed by atoms with Crippen molar-refractivity contribution in [3.8, 4) is 11.1 Å². The number of aromatic carboxylic acids is 1. The van der Waals surface area contributed by atoms with Crippen molar-refractivity contribution in [3.63, 3.8) is 0 Å². The van der Waals surface area contributed by atoms with Gasteiger partial charge in [0.2, 0.25) is 11.8 Å². The topological polar surface area (TPSA) is 108 Å². The molecule has 2 bridgehead atoms. The fraction of sp³-hybridized carbons (Fsp3) is 0.300. The molecule has 3 aromatic rings. The minimum atomic E-state index is -1.04. The number of carbonyl (C=O) groups excluding carboxylic acids is 2. The zero-order valence-corrected chi connectivity index (χ0v) is 22.3. The number of fused-ring (bicyclic) bond motifs is 4. The van der Waals surface area contributed by atoms with E-state index in [4.69, 9.17) is 23.2 Å². The number of halogens is 2.